The van der Waals surface area contributed by atoms with Crippen LogP contribution in [0.4, 0.5) is 0 Å². The van der Waals surface area contributed by atoms with Gasteiger partial charge in [0.15, 0.2) is 0 Å². The molecule has 1 saturated carbocycles. The van der Waals surface area contributed by atoms with Gasteiger partial charge in [-0.3, -0.25) is 0 Å². The Bertz CT molecular complexity index is 585. The second-order valence-electron chi connectivity index (χ2n) is 5.80. The van der Waals surface area contributed by atoms with Gasteiger partial charge in [0.2, 0.25) is 10.0 Å². The van der Waals surface area contributed by atoms with Crippen molar-refractivity contribution < 1.29 is 13.2 Å². The Hall–Kier alpha value is -0.890. The summed E-state index contributed by atoms with van der Waals surface area (Å²) in [5.74, 6) is 0. The van der Waals surface area contributed by atoms with E-state index in [1.54, 1.807) is 12.3 Å². The molecule has 21 heavy (non-hydrogen) atoms. The van der Waals surface area contributed by atoms with E-state index in [9.17, 15) is 8.42 Å². The molecule has 2 heterocycles. The van der Waals surface area contributed by atoms with E-state index in [0.717, 1.165) is 18.7 Å². The van der Waals surface area contributed by atoms with E-state index in [4.69, 9.17) is 4.74 Å². The number of nitrogens with zero attached hydrogens (tertiary/aromatic N) is 2. The van der Waals surface area contributed by atoms with Crippen molar-refractivity contribution in [3.8, 4) is 0 Å². The minimum Gasteiger partial charge on any atom is -0.380 e. The summed E-state index contributed by atoms with van der Waals surface area (Å²) in [6, 6.07) is 2.40. The van der Waals surface area contributed by atoms with Crippen LogP contribution in [0.5, 0.6) is 0 Å². The first-order valence-electron chi connectivity index (χ1n) is 7.54. The topological polar surface area (TPSA) is 63.6 Å². The summed E-state index contributed by atoms with van der Waals surface area (Å²) in [4.78, 5) is 0.388. The molecule has 1 aliphatic carbocycles. The number of ether oxygens (including phenoxy) is 1. The zero-order valence-corrected chi connectivity index (χ0v) is 13.2. The van der Waals surface area contributed by atoms with Gasteiger partial charge in [-0.25, -0.2) is 8.42 Å². The zero-order valence-electron chi connectivity index (χ0n) is 12.4. The van der Waals surface area contributed by atoms with Gasteiger partial charge in [0.05, 0.1) is 6.61 Å². The summed E-state index contributed by atoms with van der Waals surface area (Å²) in [6.45, 7) is 2.80. The number of hydrogen-bond donors (Lipinski definition) is 1. The standard InChI is InChI=1S/C14H23N3O3S/c1-16-11-14(9-13(16)10-15-12-3-4-12)21(18,19)17-5-2-7-20-8-6-17/h9,11-12,15H,2-8,10H2,1H3. The Morgan fingerprint density at radius 1 is 1.33 bits per heavy atom. The number of sulfonamides is 1. The summed E-state index contributed by atoms with van der Waals surface area (Å²) in [5.41, 5.74) is 1.01. The molecule has 0 unspecified atom stereocenters. The smallest absolute Gasteiger partial charge is 0.244 e. The second kappa shape index (κ2) is 6.08. The first kappa shape index (κ1) is 15.0. The predicted octanol–water partition coefficient (Wildman–Crippen LogP) is 0.688. The minimum absolute atomic E-state index is 0.388. The number of nitrogens with one attached hydrogen (secondary N) is 1. The summed E-state index contributed by atoms with van der Waals surface area (Å²) in [7, 11) is -1.51. The fourth-order valence-electron chi connectivity index (χ4n) is 2.54. The van der Waals surface area contributed by atoms with E-state index in [1.807, 2.05) is 11.6 Å². The van der Waals surface area contributed by atoms with Gasteiger partial charge in [-0.2, -0.15) is 4.31 Å². The molecule has 1 N–H and O–H groups in total. The van der Waals surface area contributed by atoms with Crippen molar-refractivity contribution in [2.75, 3.05) is 26.3 Å². The first-order chi connectivity index (χ1) is 10.1. The van der Waals surface area contributed by atoms with Crippen LogP contribution < -0.4 is 5.32 Å². The van der Waals surface area contributed by atoms with Crippen LogP contribution in [-0.2, 0) is 28.4 Å². The number of aryl methyl sites for hydroxylation is 1. The van der Waals surface area contributed by atoms with Crippen molar-refractivity contribution in [2.45, 2.75) is 36.7 Å². The Labute approximate surface area is 126 Å². The molecular weight excluding hydrogens is 290 g/mol. The summed E-state index contributed by atoms with van der Waals surface area (Å²) >= 11 is 0. The van der Waals surface area contributed by atoms with Gasteiger partial charge in [-0.15, -0.1) is 0 Å². The highest BCUT2D eigenvalue weighted by atomic mass is 32.2. The Morgan fingerprint density at radius 3 is 2.90 bits per heavy atom. The molecule has 1 saturated heterocycles. The predicted molar refractivity (Wildman–Crippen MR) is 79.5 cm³/mol. The average Bonchev–Trinajstić information content (AvgIpc) is 3.24. The SMILES string of the molecule is Cn1cc(S(=O)(=O)N2CCCOCC2)cc1CNC1CC1. The third-order valence-electron chi connectivity index (χ3n) is 4.05. The molecule has 1 aromatic rings. The Kier molecular flexibility index (Phi) is 4.35. The van der Waals surface area contributed by atoms with Crippen molar-refractivity contribution in [3.63, 3.8) is 0 Å². The molecule has 7 heteroatoms. The van der Waals surface area contributed by atoms with Crippen molar-refractivity contribution >= 4 is 10.0 Å². The van der Waals surface area contributed by atoms with Crippen molar-refractivity contribution in [1.29, 1.82) is 0 Å². The second-order valence-corrected chi connectivity index (χ2v) is 7.74. The van der Waals surface area contributed by atoms with Crippen LogP contribution in [0.15, 0.2) is 17.2 Å². The van der Waals surface area contributed by atoms with Gasteiger partial charge >= 0.3 is 0 Å². The molecule has 1 aromatic heterocycles. The zero-order chi connectivity index (χ0) is 14.9. The minimum atomic E-state index is -3.41. The van der Waals surface area contributed by atoms with Crippen LogP contribution >= 0.6 is 0 Å². The molecule has 0 aromatic carbocycles. The molecular formula is C14H23N3O3S. The van der Waals surface area contributed by atoms with Gasteiger partial charge in [-0.05, 0) is 25.3 Å². The molecule has 6 nitrogen and oxygen atoms in total. The van der Waals surface area contributed by atoms with E-state index in [0.29, 0.717) is 37.2 Å². The maximum atomic E-state index is 12.7. The van der Waals surface area contributed by atoms with Crippen molar-refractivity contribution in [1.82, 2.24) is 14.2 Å². The fraction of sp³-hybridized carbons (Fsp3) is 0.714. The van der Waals surface area contributed by atoms with Gasteiger partial charge in [0.1, 0.15) is 4.90 Å². The lowest BCUT2D eigenvalue weighted by Crippen LogP contribution is -2.33. The average molecular weight is 313 g/mol. The van der Waals surface area contributed by atoms with Crippen molar-refractivity contribution in [3.05, 3.63) is 18.0 Å². The summed E-state index contributed by atoms with van der Waals surface area (Å²) in [5, 5.41) is 3.42. The summed E-state index contributed by atoms with van der Waals surface area (Å²) < 4.78 is 34.2. The van der Waals surface area contributed by atoms with Crippen LogP contribution in [0, 0.1) is 0 Å². The lowest BCUT2D eigenvalue weighted by Gasteiger charge is -2.18. The largest absolute Gasteiger partial charge is 0.380 e. The highest BCUT2D eigenvalue weighted by molar-refractivity contribution is 7.89. The van der Waals surface area contributed by atoms with Crippen LogP contribution in [0.1, 0.15) is 25.0 Å². The molecule has 0 amide bonds. The molecule has 1 aliphatic heterocycles. The van der Waals surface area contributed by atoms with Gasteiger partial charge < -0.3 is 14.6 Å². The van der Waals surface area contributed by atoms with Crippen molar-refractivity contribution in [2.24, 2.45) is 7.05 Å². The molecule has 0 bridgehead atoms. The van der Waals surface area contributed by atoms with E-state index in [2.05, 4.69) is 5.32 Å². The number of hydrogen-bond acceptors (Lipinski definition) is 4. The molecule has 0 radical (unpaired) electrons. The lowest BCUT2D eigenvalue weighted by atomic mass is 10.4. The number of rotatable bonds is 5. The molecule has 2 aliphatic rings. The lowest BCUT2D eigenvalue weighted by molar-refractivity contribution is 0.148. The fourth-order valence-corrected chi connectivity index (χ4v) is 4.10. The van der Waals surface area contributed by atoms with Crippen LogP contribution in [0.25, 0.3) is 0 Å². The number of aromatic nitrogens is 1. The highest BCUT2D eigenvalue weighted by Crippen LogP contribution is 2.22. The maximum Gasteiger partial charge on any atom is 0.244 e. The van der Waals surface area contributed by atoms with Crippen LogP contribution in [0.3, 0.4) is 0 Å². The van der Waals surface area contributed by atoms with E-state index in [-0.39, 0.29) is 0 Å². The van der Waals surface area contributed by atoms with E-state index >= 15 is 0 Å². The molecule has 0 atom stereocenters. The van der Waals surface area contributed by atoms with E-state index < -0.39 is 10.0 Å². The monoisotopic (exact) mass is 313 g/mol. The van der Waals surface area contributed by atoms with Crippen LogP contribution in [0.2, 0.25) is 0 Å². The molecule has 3 rings (SSSR count). The van der Waals surface area contributed by atoms with Crippen LogP contribution in [-0.4, -0.2) is 49.6 Å². The van der Waals surface area contributed by atoms with E-state index in [1.165, 1.54) is 17.1 Å². The molecule has 118 valence electrons. The maximum absolute atomic E-state index is 12.7. The molecule has 2 fully saturated rings. The van der Waals surface area contributed by atoms with Gasteiger partial charge in [0, 0.05) is 51.2 Å². The van der Waals surface area contributed by atoms with Gasteiger partial charge in [0.25, 0.3) is 0 Å². The summed E-state index contributed by atoms with van der Waals surface area (Å²) in [6.07, 6.45) is 4.92. The van der Waals surface area contributed by atoms with Gasteiger partial charge in [-0.1, -0.05) is 0 Å². The quantitative estimate of drug-likeness (QED) is 0.869. The third-order valence-corrected chi connectivity index (χ3v) is 5.91. The highest BCUT2D eigenvalue weighted by Gasteiger charge is 2.27. The third kappa shape index (κ3) is 3.48. The first-order valence-corrected chi connectivity index (χ1v) is 8.98. The normalized spacial score (nSPS) is 21.4. The Balaban J connectivity index is 1.75. The molecule has 0 spiro atoms. The Morgan fingerprint density at radius 2 is 2.14 bits per heavy atom.